The van der Waals surface area contributed by atoms with Crippen molar-refractivity contribution >= 4 is 0 Å². The van der Waals surface area contributed by atoms with Gasteiger partial charge in [-0.25, -0.2) is 0 Å². The van der Waals surface area contributed by atoms with Crippen LogP contribution < -0.4 is 0 Å². The molecule has 2 unspecified atom stereocenters. The summed E-state index contributed by atoms with van der Waals surface area (Å²) < 4.78 is 0. The molecular formula is C21H30N2. The minimum atomic E-state index is 0.255. The van der Waals surface area contributed by atoms with Gasteiger partial charge in [0.25, 0.3) is 0 Å². The number of nitrogens with zero attached hydrogens (tertiary/aromatic N) is 2. The highest BCUT2D eigenvalue weighted by Crippen LogP contribution is 2.58. The number of likely N-dealkylation sites (N-methyl/N-ethyl adjacent to an activating group) is 1. The Labute approximate surface area is 141 Å². The zero-order chi connectivity index (χ0) is 16.9. The molecule has 1 saturated heterocycles. The van der Waals surface area contributed by atoms with E-state index in [0.717, 1.165) is 35.9 Å². The van der Waals surface area contributed by atoms with Gasteiger partial charge in [0.2, 0.25) is 0 Å². The van der Waals surface area contributed by atoms with Gasteiger partial charge in [-0.2, -0.15) is 0 Å². The van der Waals surface area contributed by atoms with E-state index < -0.39 is 0 Å². The molecule has 2 nitrogen and oxygen atoms in total. The topological polar surface area (TPSA) is 6.48 Å². The van der Waals surface area contributed by atoms with Crippen LogP contribution in [0.15, 0.2) is 59.6 Å². The van der Waals surface area contributed by atoms with Gasteiger partial charge in [-0.05, 0) is 61.8 Å². The SMILES string of the molecule is C=C(C)C1=CN2C(=C(C)C1=C)C(=C)N(CC)CC21CC1CCC. The summed E-state index contributed by atoms with van der Waals surface area (Å²) in [5.41, 5.74) is 7.35. The van der Waals surface area contributed by atoms with Gasteiger partial charge in [0.15, 0.2) is 0 Å². The predicted molar refractivity (Wildman–Crippen MR) is 98.7 cm³/mol. The van der Waals surface area contributed by atoms with E-state index in [2.05, 4.69) is 63.4 Å². The molecule has 2 heterocycles. The maximum Gasteiger partial charge on any atom is 0.0679 e. The molecule has 2 fully saturated rings. The molecule has 0 bridgehead atoms. The molecule has 2 heteroatoms. The third-order valence-electron chi connectivity index (χ3n) is 5.91. The first-order valence-corrected chi connectivity index (χ1v) is 8.89. The van der Waals surface area contributed by atoms with Gasteiger partial charge in [0, 0.05) is 19.3 Å². The average molecular weight is 310 g/mol. The van der Waals surface area contributed by atoms with Gasteiger partial charge >= 0.3 is 0 Å². The number of allylic oxidation sites excluding steroid dienone is 4. The van der Waals surface area contributed by atoms with Crippen LogP contribution in [-0.2, 0) is 0 Å². The van der Waals surface area contributed by atoms with Gasteiger partial charge in [0.05, 0.1) is 16.9 Å². The van der Waals surface area contributed by atoms with Crippen LogP contribution in [0.1, 0.15) is 47.0 Å². The Balaban J connectivity index is 2.10. The highest BCUT2D eigenvalue weighted by atomic mass is 15.4. The lowest BCUT2D eigenvalue weighted by Crippen LogP contribution is -2.52. The monoisotopic (exact) mass is 310 g/mol. The molecule has 3 rings (SSSR count). The molecule has 0 aromatic heterocycles. The van der Waals surface area contributed by atoms with Crippen LogP contribution in [0, 0.1) is 5.92 Å². The number of hydrogen-bond donors (Lipinski definition) is 0. The Morgan fingerprint density at radius 2 is 2.04 bits per heavy atom. The molecule has 2 aliphatic heterocycles. The Hall–Kier alpha value is -1.70. The molecule has 0 amide bonds. The standard InChI is InChI=1S/C21H30N2/c1-8-10-18-11-21(18)13-22(9-2)17(7)20-16(6)15(5)19(14(3)4)12-23(20)21/h12,18H,3,5,7-11,13H2,1-2,4,6H3. The third-order valence-corrected chi connectivity index (χ3v) is 5.91. The zero-order valence-electron chi connectivity index (χ0n) is 15.2. The second-order valence-electron chi connectivity index (χ2n) is 7.40. The predicted octanol–water partition coefficient (Wildman–Crippen LogP) is 5.00. The molecule has 124 valence electrons. The first-order valence-electron chi connectivity index (χ1n) is 8.89. The summed E-state index contributed by atoms with van der Waals surface area (Å²) in [5.74, 6) is 0.784. The summed E-state index contributed by atoms with van der Waals surface area (Å²) in [6, 6.07) is 0. The molecular weight excluding hydrogens is 280 g/mol. The Kier molecular flexibility index (Phi) is 3.82. The minimum absolute atomic E-state index is 0.255. The maximum atomic E-state index is 4.40. The fourth-order valence-corrected chi connectivity index (χ4v) is 4.40. The fraction of sp³-hybridized carbons (Fsp3) is 0.524. The second-order valence-corrected chi connectivity index (χ2v) is 7.40. The average Bonchev–Trinajstić information content (AvgIpc) is 3.19. The van der Waals surface area contributed by atoms with Crippen LogP contribution >= 0.6 is 0 Å². The first kappa shape index (κ1) is 16.2. The smallest absolute Gasteiger partial charge is 0.0679 e. The first-order chi connectivity index (χ1) is 10.9. The number of fused-ring (bicyclic) bond motifs is 2. The van der Waals surface area contributed by atoms with E-state index in [9.17, 15) is 0 Å². The summed E-state index contributed by atoms with van der Waals surface area (Å²) in [7, 11) is 0. The van der Waals surface area contributed by atoms with Crippen LogP contribution in [0.4, 0.5) is 0 Å². The van der Waals surface area contributed by atoms with E-state index in [1.807, 2.05) is 0 Å². The van der Waals surface area contributed by atoms with Crippen molar-refractivity contribution < 1.29 is 0 Å². The fourth-order valence-electron chi connectivity index (χ4n) is 4.40. The molecule has 0 aromatic carbocycles. The quantitative estimate of drug-likeness (QED) is 0.721. The number of rotatable bonds is 4. The lowest BCUT2D eigenvalue weighted by molar-refractivity contribution is 0.160. The summed E-state index contributed by atoms with van der Waals surface area (Å²) in [6.07, 6.45) is 6.16. The van der Waals surface area contributed by atoms with Crippen molar-refractivity contribution in [1.29, 1.82) is 0 Å². The second kappa shape index (κ2) is 5.43. The van der Waals surface area contributed by atoms with E-state index in [-0.39, 0.29) is 5.54 Å². The molecule has 23 heavy (non-hydrogen) atoms. The van der Waals surface area contributed by atoms with Crippen LogP contribution in [0.5, 0.6) is 0 Å². The lowest BCUT2D eigenvalue weighted by Gasteiger charge is -2.49. The van der Waals surface area contributed by atoms with Gasteiger partial charge in [-0.15, -0.1) is 0 Å². The van der Waals surface area contributed by atoms with Crippen molar-refractivity contribution in [3.63, 3.8) is 0 Å². The molecule has 1 spiro atoms. The summed E-state index contributed by atoms with van der Waals surface area (Å²) in [5, 5.41) is 0. The van der Waals surface area contributed by atoms with Crippen molar-refractivity contribution in [2.75, 3.05) is 13.1 Å². The van der Waals surface area contributed by atoms with Crippen molar-refractivity contribution in [2.45, 2.75) is 52.5 Å². The van der Waals surface area contributed by atoms with Gasteiger partial charge in [-0.3, -0.25) is 0 Å². The van der Waals surface area contributed by atoms with E-state index in [0.29, 0.717) is 0 Å². The highest BCUT2D eigenvalue weighted by Gasteiger charge is 2.61. The van der Waals surface area contributed by atoms with Crippen LogP contribution in [0.3, 0.4) is 0 Å². The summed E-state index contributed by atoms with van der Waals surface area (Å²) in [4.78, 5) is 4.99. The molecule has 0 N–H and O–H groups in total. The number of hydrogen-bond acceptors (Lipinski definition) is 2. The normalized spacial score (nSPS) is 29.9. The molecule has 2 atom stereocenters. The van der Waals surface area contributed by atoms with E-state index in [4.69, 9.17) is 0 Å². The minimum Gasteiger partial charge on any atom is -0.368 e. The number of piperazine rings is 1. The van der Waals surface area contributed by atoms with Crippen LogP contribution in [-0.4, -0.2) is 28.4 Å². The highest BCUT2D eigenvalue weighted by molar-refractivity contribution is 5.61. The van der Waals surface area contributed by atoms with Gasteiger partial charge < -0.3 is 9.80 Å². The largest absolute Gasteiger partial charge is 0.368 e. The lowest BCUT2D eigenvalue weighted by atomic mass is 9.87. The van der Waals surface area contributed by atoms with Crippen molar-refractivity contribution in [2.24, 2.45) is 5.92 Å². The van der Waals surface area contributed by atoms with Crippen molar-refractivity contribution in [3.05, 3.63) is 59.6 Å². The summed E-state index contributed by atoms with van der Waals surface area (Å²) >= 11 is 0. The van der Waals surface area contributed by atoms with Crippen molar-refractivity contribution in [3.8, 4) is 0 Å². The van der Waals surface area contributed by atoms with E-state index >= 15 is 0 Å². The van der Waals surface area contributed by atoms with Gasteiger partial charge in [-0.1, -0.05) is 33.1 Å². The molecule has 0 aromatic rings. The maximum absolute atomic E-state index is 4.40. The molecule has 1 aliphatic carbocycles. The molecule has 3 aliphatic rings. The Morgan fingerprint density at radius 1 is 1.35 bits per heavy atom. The third kappa shape index (κ3) is 2.22. The molecule has 0 radical (unpaired) electrons. The van der Waals surface area contributed by atoms with Crippen molar-refractivity contribution in [1.82, 2.24) is 9.80 Å². The van der Waals surface area contributed by atoms with Crippen LogP contribution in [0.2, 0.25) is 0 Å². The van der Waals surface area contributed by atoms with E-state index in [1.165, 1.54) is 36.1 Å². The summed E-state index contributed by atoms with van der Waals surface area (Å²) in [6.45, 7) is 23.8. The van der Waals surface area contributed by atoms with Gasteiger partial charge in [0.1, 0.15) is 0 Å². The van der Waals surface area contributed by atoms with Crippen LogP contribution in [0.25, 0.3) is 0 Å². The Morgan fingerprint density at radius 3 is 2.61 bits per heavy atom. The zero-order valence-corrected chi connectivity index (χ0v) is 15.2. The molecule has 1 saturated carbocycles. The Bertz CT molecular complexity index is 649. The van der Waals surface area contributed by atoms with E-state index in [1.54, 1.807) is 0 Å².